The van der Waals surface area contributed by atoms with E-state index in [0.29, 0.717) is 29.8 Å². The van der Waals surface area contributed by atoms with Gasteiger partial charge in [0.05, 0.1) is 31.8 Å². The van der Waals surface area contributed by atoms with Crippen molar-refractivity contribution in [2.75, 3.05) is 33.2 Å². The molecule has 0 radical (unpaired) electrons. The molecule has 2 aromatic rings. The van der Waals surface area contributed by atoms with Gasteiger partial charge >= 0.3 is 5.97 Å². The van der Waals surface area contributed by atoms with Gasteiger partial charge in [-0.15, -0.1) is 0 Å². The van der Waals surface area contributed by atoms with E-state index in [2.05, 4.69) is 10.1 Å². The van der Waals surface area contributed by atoms with Crippen LogP contribution in [-0.4, -0.2) is 58.5 Å². The van der Waals surface area contributed by atoms with Crippen LogP contribution in [0.1, 0.15) is 23.2 Å². The lowest BCUT2D eigenvalue weighted by molar-refractivity contribution is -0.119. The van der Waals surface area contributed by atoms with Crippen molar-refractivity contribution in [3.05, 3.63) is 48.0 Å². The fourth-order valence-corrected chi connectivity index (χ4v) is 5.11. The summed E-state index contributed by atoms with van der Waals surface area (Å²) in [5.74, 6) is -0.227. The smallest absolute Gasteiger partial charge is 0.337 e. The van der Waals surface area contributed by atoms with Gasteiger partial charge < -0.3 is 19.5 Å². The van der Waals surface area contributed by atoms with Gasteiger partial charge in [-0.25, -0.2) is 13.2 Å². The molecule has 1 heterocycles. The van der Waals surface area contributed by atoms with E-state index in [4.69, 9.17) is 9.47 Å². The Hall–Kier alpha value is -3.11. The molecule has 1 amide bonds. The zero-order chi connectivity index (χ0) is 22.6. The zero-order valence-corrected chi connectivity index (χ0v) is 18.3. The highest BCUT2D eigenvalue weighted by Crippen LogP contribution is 2.33. The fraction of sp³-hybridized carbons (Fsp3) is 0.333. The molecule has 1 unspecified atom stereocenters. The summed E-state index contributed by atoms with van der Waals surface area (Å²) < 4.78 is 42.6. The number of amides is 1. The molecule has 166 valence electrons. The molecule has 10 heteroatoms. The zero-order valence-electron chi connectivity index (χ0n) is 17.5. The number of nitrogens with zero attached hydrogens (tertiary/aromatic N) is 1. The lowest BCUT2D eigenvalue weighted by Gasteiger charge is -2.24. The highest BCUT2D eigenvalue weighted by atomic mass is 32.2. The van der Waals surface area contributed by atoms with Crippen LogP contribution in [0.4, 0.5) is 5.69 Å². The first-order chi connectivity index (χ1) is 14.8. The maximum Gasteiger partial charge on any atom is 0.337 e. The number of hydrogen-bond donors (Lipinski definition) is 1. The van der Waals surface area contributed by atoms with Gasteiger partial charge in [-0.05, 0) is 49.2 Å². The van der Waals surface area contributed by atoms with Gasteiger partial charge in [-0.3, -0.25) is 4.79 Å². The number of anilines is 1. The number of methoxy groups -OCH3 is 3. The lowest BCUT2D eigenvalue weighted by Crippen LogP contribution is -2.43. The first-order valence-electron chi connectivity index (χ1n) is 9.55. The SMILES string of the molecule is COC(=O)c1ccc(NC(=O)C2CCCN2S(=O)(=O)c2ccc(OC)c(OC)c2)cc1. The number of esters is 1. The number of nitrogens with one attached hydrogen (secondary N) is 1. The molecule has 3 rings (SSSR count). The van der Waals surface area contributed by atoms with Crippen LogP contribution in [0.15, 0.2) is 47.4 Å². The Morgan fingerprint density at radius 1 is 1.00 bits per heavy atom. The first-order valence-corrected chi connectivity index (χ1v) is 11.0. The van der Waals surface area contributed by atoms with Crippen molar-refractivity contribution in [2.24, 2.45) is 0 Å². The van der Waals surface area contributed by atoms with Crippen molar-refractivity contribution in [3.63, 3.8) is 0 Å². The Morgan fingerprint density at radius 3 is 2.29 bits per heavy atom. The summed E-state index contributed by atoms with van der Waals surface area (Å²) in [6.45, 7) is 0.232. The molecule has 1 N–H and O–H groups in total. The maximum atomic E-state index is 13.2. The Kier molecular flexibility index (Phi) is 6.81. The number of ether oxygens (including phenoxy) is 3. The van der Waals surface area contributed by atoms with Crippen LogP contribution in [0.5, 0.6) is 11.5 Å². The topological polar surface area (TPSA) is 111 Å². The van der Waals surface area contributed by atoms with Crippen LogP contribution in [0, 0.1) is 0 Å². The van der Waals surface area contributed by atoms with E-state index in [0.717, 1.165) is 0 Å². The molecule has 1 aliphatic rings. The summed E-state index contributed by atoms with van der Waals surface area (Å²) >= 11 is 0. The second-order valence-electron chi connectivity index (χ2n) is 6.85. The molecule has 1 aliphatic heterocycles. The Bertz CT molecular complexity index is 1070. The molecular weight excluding hydrogens is 424 g/mol. The minimum atomic E-state index is -3.93. The second-order valence-corrected chi connectivity index (χ2v) is 8.74. The van der Waals surface area contributed by atoms with E-state index in [1.807, 2.05) is 0 Å². The Morgan fingerprint density at radius 2 is 1.68 bits per heavy atom. The van der Waals surface area contributed by atoms with Gasteiger partial charge in [0.25, 0.3) is 0 Å². The summed E-state index contributed by atoms with van der Waals surface area (Å²) in [4.78, 5) is 24.4. The van der Waals surface area contributed by atoms with Crippen LogP contribution in [0.2, 0.25) is 0 Å². The van der Waals surface area contributed by atoms with Crippen LogP contribution < -0.4 is 14.8 Å². The summed E-state index contributed by atoms with van der Waals surface area (Å²) in [6.07, 6.45) is 0.963. The minimum absolute atomic E-state index is 0.0206. The van der Waals surface area contributed by atoms with Crippen LogP contribution in [-0.2, 0) is 19.6 Å². The van der Waals surface area contributed by atoms with E-state index in [1.54, 1.807) is 12.1 Å². The molecule has 0 spiro atoms. The van der Waals surface area contributed by atoms with E-state index < -0.39 is 27.9 Å². The molecule has 31 heavy (non-hydrogen) atoms. The van der Waals surface area contributed by atoms with E-state index >= 15 is 0 Å². The number of hydrogen-bond acceptors (Lipinski definition) is 7. The molecule has 1 saturated heterocycles. The van der Waals surface area contributed by atoms with Gasteiger partial charge in [-0.1, -0.05) is 0 Å². The lowest BCUT2D eigenvalue weighted by atomic mass is 10.2. The Balaban J connectivity index is 1.79. The quantitative estimate of drug-likeness (QED) is 0.647. The molecule has 1 fully saturated rings. The number of rotatable bonds is 7. The minimum Gasteiger partial charge on any atom is -0.493 e. The molecule has 0 bridgehead atoms. The van der Waals surface area contributed by atoms with Crippen molar-refractivity contribution in [3.8, 4) is 11.5 Å². The van der Waals surface area contributed by atoms with Gasteiger partial charge in [-0.2, -0.15) is 4.31 Å². The number of carbonyl (C=O) groups is 2. The summed E-state index contributed by atoms with van der Waals surface area (Å²) in [7, 11) is 0.240. The molecular formula is C21H24N2O7S. The van der Waals surface area contributed by atoms with E-state index in [-0.39, 0.29) is 17.2 Å². The largest absolute Gasteiger partial charge is 0.493 e. The predicted molar refractivity (Wildman–Crippen MR) is 113 cm³/mol. The van der Waals surface area contributed by atoms with Crippen molar-refractivity contribution in [2.45, 2.75) is 23.8 Å². The number of sulfonamides is 1. The van der Waals surface area contributed by atoms with Crippen molar-refractivity contribution in [1.82, 2.24) is 4.31 Å². The van der Waals surface area contributed by atoms with Gasteiger partial charge in [0, 0.05) is 18.3 Å². The Labute approximate surface area is 181 Å². The summed E-state index contributed by atoms with van der Waals surface area (Å²) in [5, 5.41) is 2.72. The van der Waals surface area contributed by atoms with Gasteiger partial charge in [0.1, 0.15) is 6.04 Å². The average Bonchev–Trinajstić information content (AvgIpc) is 3.29. The van der Waals surface area contributed by atoms with E-state index in [1.165, 1.54) is 56.0 Å². The average molecular weight is 448 g/mol. The second kappa shape index (κ2) is 9.36. The normalized spacial score (nSPS) is 16.5. The monoisotopic (exact) mass is 448 g/mol. The van der Waals surface area contributed by atoms with Crippen LogP contribution in [0.25, 0.3) is 0 Å². The van der Waals surface area contributed by atoms with Crippen molar-refractivity contribution in [1.29, 1.82) is 0 Å². The molecule has 0 aliphatic carbocycles. The third-order valence-corrected chi connectivity index (χ3v) is 6.95. The standard InChI is InChI=1S/C21H24N2O7S/c1-28-18-11-10-16(13-19(18)29-2)31(26,27)23-12-4-5-17(23)20(24)22-15-8-6-14(7-9-15)21(25)30-3/h6-11,13,17H,4-5,12H2,1-3H3,(H,22,24). The highest BCUT2D eigenvalue weighted by molar-refractivity contribution is 7.89. The van der Waals surface area contributed by atoms with Crippen molar-refractivity contribution < 1.29 is 32.2 Å². The molecule has 1 atom stereocenters. The van der Waals surface area contributed by atoms with Crippen LogP contribution >= 0.6 is 0 Å². The first kappa shape index (κ1) is 22.6. The van der Waals surface area contributed by atoms with Gasteiger partial charge in [0.2, 0.25) is 15.9 Å². The maximum absolute atomic E-state index is 13.2. The van der Waals surface area contributed by atoms with E-state index in [9.17, 15) is 18.0 Å². The predicted octanol–water partition coefficient (Wildman–Crippen LogP) is 2.28. The number of carbonyl (C=O) groups excluding carboxylic acids is 2. The highest BCUT2D eigenvalue weighted by Gasteiger charge is 2.39. The fourth-order valence-electron chi connectivity index (χ4n) is 3.44. The third kappa shape index (κ3) is 4.64. The van der Waals surface area contributed by atoms with Crippen LogP contribution in [0.3, 0.4) is 0 Å². The molecule has 0 aromatic heterocycles. The summed E-state index contributed by atoms with van der Waals surface area (Å²) in [6, 6.07) is 9.64. The molecule has 0 saturated carbocycles. The third-order valence-electron chi connectivity index (χ3n) is 5.04. The number of benzene rings is 2. The molecule has 2 aromatic carbocycles. The summed E-state index contributed by atoms with van der Waals surface area (Å²) in [5.41, 5.74) is 0.798. The molecule has 9 nitrogen and oxygen atoms in total. The van der Waals surface area contributed by atoms with Crippen molar-refractivity contribution >= 4 is 27.6 Å². The van der Waals surface area contributed by atoms with Gasteiger partial charge in [0.15, 0.2) is 11.5 Å².